The average Bonchev–Trinajstić information content (AvgIpc) is 3.38. The van der Waals surface area contributed by atoms with E-state index in [0.717, 1.165) is 12.1 Å². The summed E-state index contributed by atoms with van der Waals surface area (Å²) in [4.78, 5) is 30.7. The third-order valence-electron chi connectivity index (χ3n) is 5.34. The van der Waals surface area contributed by atoms with Crippen molar-refractivity contribution in [3.63, 3.8) is 0 Å². The molecule has 1 aliphatic heterocycles. The van der Waals surface area contributed by atoms with Crippen LogP contribution in [-0.4, -0.2) is 48.0 Å². The van der Waals surface area contributed by atoms with E-state index in [2.05, 4.69) is 32.9 Å². The van der Waals surface area contributed by atoms with Crippen LogP contribution in [0.15, 0.2) is 34.0 Å². The Kier molecular flexibility index (Phi) is 5.64. The number of nitrogens with one attached hydrogen (secondary N) is 2. The van der Waals surface area contributed by atoms with Crippen molar-refractivity contribution >= 4 is 41.8 Å². The van der Waals surface area contributed by atoms with Gasteiger partial charge < -0.3 is 15.2 Å². The molecule has 1 aromatic heterocycles. The molecular weight excluding hydrogens is 449 g/mol. The molecule has 2 heterocycles. The molecule has 8 nitrogen and oxygen atoms in total. The Hall–Kier alpha value is -1.91. The van der Waals surface area contributed by atoms with Crippen LogP contribution >= 0.6 is 24.0 Å². The maximum Gasteiger partial charge on any atom is 0.233 e. The van der Waals surface area contributed by atoms with Gasteiger partial charge >= 0.3 is 0 Å². The number of guanidine groups is 1. The Morgan fingerprint density at radius 1 is 1.27 bits per heavy atom. The lowest BCUT2D eigenvalue weighted by molar-refractivity contribution is -0.140. The van der Waals surface area contributed by atoms with Crippen LogP contribution in [0.4, 0.5) is 0 Å². The summed E-state index contributed by atoms with van der Waals surface area (Å²) in [5.74, 6) is 0.796. The van der Waals surface area contributed by atoms with E-state index >= 15 is 0 Å². The molecule has 4 rings (SSSR count). The molecular formula is C17H22IN5O3. The Bertz CT molecular complexity index is 703. The van der Waals surface area contributed by atoms with Crippen LogP contribution in [0.5, 0.6) is 0 Å². The third-order valence-corrected chi connectivity index (χ3v) is 5.34. The maximum absolute atomic E-state index is 12.6. The Morgan fingerprint density at radius 2 is 1.96 bits per heavy atom. The van der Waals surface area contributed by atoms with E-state index in [9.17, 15) is 9.59 Å². The number of carbonyl (C=O) groups excluding carboxylic acids is 2. The minimum Gasteiger partial charge on any atom is -0.364 e. The van der Waals surface area contributed by atoms with Crippen LogP contribution in [0.2, 0.25) is 0 Å². The Labute approximate surface area is 168 Å². The highest BCUT2D eigenvalue weighted by Crippen LogP contribution is 2.52. The third kappa shape index (κ3) is 3.24. The molecule has 4 atom stereocenters. The first kappa shape index (κ1) is 18.9. The highest BCUT2D eigenvalue weighted by Gasteiger charge is 2.58. The number of aromatic nitrogens is 1. The predicted octanol–water partition coefficient (Wildman–Crippen LogP) is 0.765. The smallest absolute Gasteiger partial charge is 0.233 e. The first-order valence-corrected chi connectivity index (χ1v) is 8.56. The van der Waals surface area contributed by atoms with Crippen molar-refractivity contribution in [2.24, 2.45) is 28.7 Å². The molecule has 2 aliphatic carbocycles. The highest BCUT2D eigenvalue weighted by atomic mass is 127. The number of hydrogen-bond acceptors (Lipinski definition) is 5. The van der Waals surface area contributed by atoms with Crippen LogP contribution in [0, 0.1) is 23.7 Å². The van der Waals surface area contributed by atoms with Gasteiger partial charge in [0.1, 0.15) is 12.0 Å². The van der Waals surface area contributed by atoms with Gasteiger partial charge in [0.15, 0.2) is 5.96 Å². The number of allylic oxidation sites excluding steroid dienone is 2. The molecule has 2 amide bonds. The van der Waals surface area contributed by atoms with Gasteiger partial charge in [-0.05, 0) is 18.3 Å². The van der Waals surface area contributed by atoms with Crippen LogP contribution in [0.3, 0.4) is 0 Å². The second-order valence-electron chi connectivity index (χ2n) is 6.67. The monoisotopic (exact) mass is 471 g/mol. The SMILES string of the molecule is CN=C(NCCN1C(=O)C2C3C=CC(C3)C2C1=O)NCc1ccon1.I. The molecule has 140 valence electrons. The van der Waals surface area contributed by atoms with Gasteiger partial charge in [0.05, 0.1) is 18.4 Å². The number of hydrogen-bond donors (Lipinski definition) is 2. The largest absolute Gasteiger partial charge is 0.364 e. The first-order valence-electron chi connectivity index (χ1n) is 8.56. The molecule has 2 fully saturated rings. The standard InChI is InChI=1S/C17H21N5O3.HI/c1-18-17(20-9-12-4-7-25-21-12)19-5-6-22-15(23)13-10-2-3-11(8-10)14(13)16(22)24;/h2-4,7,10-11,13-14H,5-6,8-9H2,1H3,(H2,18,19,20);1H. The molecule has 2 bridgehead atoms. The highest BCUT2D eigenvalue weighted by molar-refractivity contribution is 14.0. The van der Waals surface area contributed by atoms with Crippen LogP contribution in [-0.2, 0) is 16.1 Å². The summed E-state index contributed by atoms with van der Waals surface area (Å²) in [6.45, 7) is 1.30. The zero-order chi connectivity index (χ0) is 17.4. The molecule has 3 aliphatic rings. The van der Waals surface area contributed by atoms with Crippen LogP contribution in [0.25, 0.3) is 0 Å². The fourth-order valence-corrected chi connectivity index (χ4v) is 4.19. The summed E-state index contributed by atoms with van der Waals surface area (Å²) in [7, 11) is 1.66. The Morgan fingerprint density at radius 3 is 2.54 bits per heavy atom. The number of fused-ring (bicyclic) bond motifs is 5. The van der Waals surface area contributed by atoms with Crippen LogP contribution < -0.4 is 10.6 Å². The summed E-state index contributed by atoms with van der Waals surface area (Å²) in [6, 6.07) is 1.77. The lowest BCUT2D eigenvalue weighted by Gasteiger charge is -2.18. The van der Waals surface area contributed by atoms with Gasteiger partial charge in [0.25, 0.3) is 0 Å². The van der Waals surface area contributed by atoms with Crippen molar-refractivity contribution in [2.45, 2.75) is 13.0 Å². The topological polar surface area (TPSA) is 99.8 Å². The quantitative estimate of drug-likeness (QED) is 0.216. The number of rotatable bonds is 5. The van der Waals surface area contributed by atoms with E-state index in [-0.39, 0.29) is 59.5 Å². The van der Waals surface area contributed by atoms with Crippen LogP contribution in [0.1, 0.15) is 12.1 Å². The number of carbonyl (C=O) groups is 2. The second kappa shape index (κ2) is 7.77. The molecule has 0 spiro atoms. The summed E-state index contributed by atoms with van der Waals surface area (Å²) < 4.78 is 4.77. The fourth-order valence-electron chi connectivity index (χ4n) is 4.19. The number of nitrogens with zero attached hydrogens (tertiary/aromatic N) is 3. The average molecular weight is 471 g/mol. The zero-order valence-corrected chi connectivity index (χ0v) is 16.8. The number of imide groups is 1. The molecule has 26 heavy (non-hydrogen) atoms. The zero-order valence-electron chi connectivity index (χ0n) is 14.4. The van der Waals surface area contributed by atoms with Gasteiger partial charge in [-0.25, -0.2) is 0 Å². The predicted molar refractivity (Wildman–Crippen MR) is 105 cm³/mol. The van der Waals surface area contributed by atoms with Gasteiger partial charge in [-0.3, -0.25) is 19.5 Å². The molecule has 1 saturated carbocycles. The molecule has 0 aromatic carbocycles. The molecule has 2 N–H and O–H groups in total. The normalized spacial score (nSPS) is 29.1. The van der Waals surface area contributed by atoms with E-state index in [4.69, 9.17) is 4.52 Å². The van der Waals surface area contributed by atoms with E-state index in [1.165, 1.54) is 11.2 Å². The van der Waals surface area contributed by atoms with E-state index < -0.39 is 0 Å². The lowest BCUT2D eigenvalue weighted by atomic mass is 9.85. The van der Waals surface area contributed by atoms with Crippen molar-refractivity contribution in [3.8, 4) is 0 Å². The van der Waals surface area contributed by atoms with Gasteiger partial charge in [0, 0.05) is 26.2 Å². The van der Waals surface area contributed by atoms with Crippen molar-refractivity contribution in [2.75, 3.05) is 20.1 Å². The van der Waals surface area contributed by atoms with Crippen molar-refractivity contribution in [1.82, 2.24) is 20.7 Å². The van der Waals surface area contributed by atoms with Gasteiger partial charge in [-0.15, -0.1) is 24.0 Å². The maximum atomic E-state index is 12.6. The van der Waals surface area contributed by atoms with E-state index in [1.807, 2.05) is 0 Å². The summed E-state index contributed by atoms with van der Waals surface area (Å²) >= 11 is 0. The minimum absolute atomic E-state index is 0. The summed E-state index contributed by atoms with van der Waals surface area (Å²) in [5.41, 5.74) is 0.767. The van der Waals surface area contributed by atoms with E-state index in [0.29, 0.717) is 25.6 Å². The molecule has 4 unspecified atom stereocenters. The fraction of sp³-hybridized carbons (Fsp3) is 0.529. The first-order chi connectivity index (χ1) is 12.2. The molecule has 1 saturated heterocycles. The lowest BCUT2D eigenvalue weighted by Crippen LogP contribution is -2.43. The summed E-state index contributed by atoms with van der Waals surface area (Å²) in [5, 5.41) is 10.0. The summed E-state index contributed by atoms with van der Waals surface area (Å²) in [6.07, 6.45) is 6.68. The molecule has 1 aromatic rings. The van der Waals surface area contributed by atoms with Gasteiger partial charge in [-0.2, -0.15) is 0 Å². The number of likely N-dealkylation sites (tertiary alicyclic amines) is 1. The number of halogens is 1. The van der Waals surface area contributed by atoms with Gasteiger partial charge in [-0.1, -0.05) is 17.3 Å². The Balaban J connectivity index is 0.00000196. The second-order valence-corrected chi connectivity index (χ2v) is 6.67. The van der Waals surface area contributed by atoms with Gasteiger partial charge in [0.2, 0.25) is 11.8 Å². The van der Waals surface area contributed by atoms with Crippen molar-refractivity contribution in [3.05, 3.63) is 30.2 Å². The number of aliphatic imine (C=N–C) groups is 1. The minimum atomic E-state index is -0.132. The van der Waals surface area contributed by atoms with Crippen molar-refractivity contribution in [1.29, 1.82) is 0 Å². The van der Waals surface area contributed by atoms with E-state index in [1.54, 1.807) is 13.1 Å². The molecule has 9 heteroatoms. The van der Waals surface area contributed by atoms with Crippen molar-refractivity contribution < 1.29 is 14.1 Å². The number of amides is 2. The molecule has 0 radical (unpaired) electrons.